The second kappa shape index (κ2) is 2.83. The Bertz CT molecular complexity index is 189. The molecular weight excluding hydrogens is 152 g/mol. The standard InChI is InChI=1S/C5H10N2O4/c1-5(2,7(10)11)3(6)4(8)9/h3H,6H2,1-2H3,(H,8,9)/t3-/m0/s1. The molecule has 0 radical (unpaired) electrons. The average molecular weight is 162 g/mol. The lowest BCUT2D eigenvalue weighted by Gasteiger charge is -2.18. The van der Waals surface area contributed by atoms with Gasteiger partial charge < -0.3 is 10.8 Å². The topological polar surface area (TPSA) is 106 Å². The Kier molecular flexibility index (Phi) is 2.53. The van der Waals surface area contributed by atoms with Gasteiger partial charge in [0.1, 0.15) is 0 Å². The zero-order chi connectivity index (χ0) is 9.23. The first-order chi connectivity index (χ1) is 4.80. The molecular formula is C5H10N2O4. The number of carbonyl (C=O) groups is 1. The summed E-state index contributed by atoms with van der Waals surface area (Å²) in [5.74, 6) is -1.37. The van der Waals surface area contributed by atoms with Gasteiger partial charge in [0.25, 0.3) is 0 Å². The van der Waals surface area contributed by atoms with E-state index in [1.165, 1.54) is 13.8 Å². The van der Waals surface area contributed by atoms with Gasteiger partial charge in [0.05, 0.1) is 0 Å². The van der Waals surface area contributed by atoms with Crippen molar-refractivity contribution < 1.29 is 14.8 Å². The van der Waals surface area contributed by atoms with Crippen LogP contribution in [0.1, 0.15) is 13.8 Å². The minimum Gasteiger partial charge on any atom is -0.480 e. The molecule has 0 bridgehead atoms. The largest absolute Gasteiger partial charge is 0.480 e. The fourth-order valence-electron chi connectivity index (χ4n) is 0.416. The molecule has 0 amide bonds. The second-order valence-electron chi connectivity index (χ2n) is 2.73. The highest BCUT2D eigenvalue weighted by Gasteiger charge is 2.43. The number of rotatable bonds is 3. The highest BCUT2D eigenvalue weighted by molar-refractivity contribution is 5.74. The number of hydrogen-bond donors (Lipinski definition) is 2. The fraction of sp³-hybridized carbons (Fsp3) is 0.800. The molecule has 0 aliphatic heterocycles. The predicted molar refractivity (Wildman–Crippen MR) is 36.7 cm³/mol. The first kappa shape index (κ1) is 9.83. The number of hydrogen-bond acceptors (Lipinski definition) is 4. The second-order valence-corrected chi connectivity index (χ2v) is 2.73. The maximum absolute atomic E-state index is 10.2. The van der Waals surface area contributed by atoms with Crippen LogP contribution < -0.4 is 5.73 Å². The molecule has 0 aliphatic carbocycles. The SMILES string of the molecule is CC(C)([C@@H](N)C(=O)O)[N+](=O)[O-]. The Morgan fingerprint density at radius 1 is 1.73 bits per heavy atom. The first-order valence-electron chi connectivity index (χ1n) is 2.93. The number of carboxylic acids is 1. The minimum absolute atomic E-state index is 0.703. The van der Waals surface area contributed by atoms with Gasteiger partial charge in [-0.05, 0) is 0 Å². The van der Waals surface area contributed by atoms with E-state index in [1.807, 2.05) is 0 Å². The summed E-state index contributed by atoms with van der Waals surface area (Å²) in [6.07, 6.45) is 0. The van der Waals surface area contributed by atoms with Crippen molar-refractivity contribution in [2.24, 2.45) is 5.73 Å². The van der Waals surface area contributed by atoms with Gasteiger partial charge in [0, 0.05) is 18.8 Å². The van der Waals surface area contributed by atoms with Crippen molar-refractivity contribution in [3.05, 3.63) is 10.1 Å². The van der Waals surface area contributed by atoms with E-state index in [0.717, 1.165) is 0 Å². The summed E-state index contributed by atoms with van der Waals surface area (Å²) < 4.78 is 0. The summed E-state index contributed by atoms with van der Waals surface area (Å²) in [6, 6.07) is -1.47. The summed E-state index contributed by atoms with van der Waals surface area (Å²) in [5.41, 5.74) is 3.43. The van der Waals surface area contributed by atoms with Gasteiger partial charge in [-0.3, -0.25) is 14.9 Å². The van der Waals surface area contributed by atoms with Crippen LogP contribution in [-0.2, 0) is 4.79 Å². The van der Waals surface area contributed by atoms with Gasteiger partial charge in [-0.1, -0.05) is 0 Å². The van der Waals surface area contributed by atoms with E-state index in [0.29, 0.717) is 0 Å². The summed E-state index contributed by atoms with van der Waals surface area (Å²) in [7, 11) is 0. The highest BCUT2D eigenvalue weighted by Crippen LogP contribution is 2.11. The monoisotopic (exact) mass is 162 g/mol. The van der Waals surface area contributed by atoms with Gasteiger partial charge in [0.15, 0.2) is 6.04 Å². The van der Waals surface area contributed by atoms with Gasteiger partial charge in [0.2, 0.25) is 5.54 Å². The molecule has 0 unspecified atom stereocenters. The Labute approximate surface area is 63.1 Å². The lowest BCUT2D eigenvalue weighted by Crippen LogP contribution is -2.53. The molecule has 0 aromatic heterocycles. The van der Waals surface area contributed by atoms with Crippen LogP contribution >= 0.6 is 0 Å². The maximum atomic E-state index is 10.2. The third-order valence-corrected chi connectivity index (χ3v) is 1.50. The average Bonchev–Trinajstić information content (AvgIpc) is 1.85. The lowest BCUT2D eigenvalue weighted by molar-refractivity contribution is -0.561. The van der Waals surface area contributed by atoms with Crippen molar-refractivity contribution in [3.63, 3.8) is 0 Å². The van der Waals surface area contributed by atoms with Crippen LogP contribution in [0, 0.1) is 10.1 Å². The van der Waals surface area contributed by atoms with Gasteiger partial charge >= 0.3 is 5.97 Å². The quantitative estimate of drug-likeness (QED) is 0.428. The summed E-state index contributed by atoms with van der Waals surface area (Å²) in [6.45, 7) is 2.34. The zero-order valence-corrected chi connectivity index (χ0v) is 6.27. The smallest absolute Gasteiger partial charge is 0.327 e. The molecule has 0 spiro atoms. The van der Waals surface area contributed by atoms with Gasteiger partial charge in [-0.15, -0.1) is 0 Å². The zero-order valence-electron chi connectivity index (χ0n) is 6.27. The first-order valence-corrected chi connectivity index (χ1v) is 2.93. The number of nitrogens with zero attached hydrogens (tertiary/aromatic N) is 1. The normalized spacial score (nSPS) is 14.1. The molecule has 0 heterocycles. The van der Waals surface area contributed by atoms with E-state index in [9.17, 15) is 14.9 Å². The van der Waals surface area contributed by atoms with Crippen molar-refractivity contribution in [2.45, 2.75) is 25.4 Å². The minimum atomic E-state index is -1.62. The van der Waals surface area contributed by atoms with E-state index in [-0.39, 0.29) is 0 Å². The van der Waals surface area contributed by atoms with Crippen molar-refractivity contribution in [1.82, 2.24) is 0 Å². The Balaban J connectivity index is 4.55. The third-order valence-electron chi connectivity index (χ3n) is 1.50. The van der Waals surface area contributed by atoms with Crippen molar-refractivity contribution in [3.8, 4) is 0 Å². The van der Waals surface area contributed by atoms with Crippen molar-refractivity contribution in [2.75, 3.05) is 0 Å². The van der Waals surface area contributed by atoms with E-state index < -0.39 is 22.5 Å². The molecule has 11 heavy (non-hydrogen) atoms. The molecule has 0 aliphatic rings. The number of nitrogens with two attached hydrogens (primary N) is 1. The Morgan fingerprint density at radius 2 is 2.09 bits per heavy atom. The van der Waals surface area contributed by atoms with E-state index >= 15 is 0 Å². The highest BCUT2D eigenvalue weighted by atomic mass is 16.6. The van der Waals surface area contributed by atoms with Gasteiger partial charge in [-0.2, -0.15) is 0 Å². The molecule has 0 aromatic rings. The molecule has 0 rings (SSSR count). The molecule has 6 nitrogen and oxygen atoms in total. The third kappa shape index (κ3) is 1.87. The summed E-state index contributed by atoms with van der Waals surface area (Å²) in [4.78, 5) is 19.7. The number of aliphatic carboxylic acids is 1. The van der Waals surface area contributed by atoms with Crippen LogP contribution in [0.3, 0.4) is 0 Å². The van der Waals surface area contributed by atoms with Crippen LogP contribution in [0.25, 0.3) is 0 Å². The van der Waals surface area contributed by atoms with Crippen LogP contribution in [0.2, 0.25) is 0 Å². The lowest BCUT2D eigenvalue weighted by atomic mass is 9.97. The number of carboxylic acid groups (broad SMARTS) is 1. The molecule has 0 fully saturated rings. The van der Waals surface area contributed by atoms with Crippen LogP contribution in [0.4, 0.5) is 0 Å². The Morgan fingerprint density at radius 3 is 2.18 bits per heavy atom. The van der Waals surface area contributed by atoms with Crippen LogP contribution in [0.15, 0.2) is 0 Å². The molecule has 6 heteroatoms. The molecule has 0 saturated carbocycles. The van der Waals surface area contributed by atoms with Crippen LogP contribution in [0.5, 0.6) is 0 Å². The van der Waals surface area contributed by atoms with Crippen molar-refractivity contribution >= 4 is 5.97 Å². The summed E-state index contributed by atoms with van der Waals surface area (Å²) >= 11 is 0. The molecule has 0 saturated heterocycles. The summed E-state index contributed by atoms with van der Waals surface area (Å²) in [5, 5.41) is 18.6. The number of nitro groups is 1. The molecule has 3 N–H and O–H groups in total. The predicted octanol–water partition coefficient (Wildman–Crippen LogP) is -0.546. The van der Waals surface area contributed by atoms with E-state index in [1.54, 1.807) is 0 Å². The Hall–Kier alpha value is -1.17. The van der Waals surface area contributed by atoms with Gasteiger partial charge in [-0.25, -0.2) is 0 Å². The van der Waals surface area contributed by atoms with Crippen LogP contribution in [-0.4, -0.2) is 27.6 Å². The van der Waals surface area contributed by atoms with Crippen molar-refractivity contribution in [1.29, 1.82) is 0 Å². The maximum Gasteiger partial charge on any atom is 0.327 e. The molecule has 64 valence electrons. The van der Waals surface area contributed by atoms with E-state index in [4.69, 9.17) is 10.8 Å². The fourth-order valence-corrected chi connectivity index (χ4v) is 0.416. The van der Waals surface area contributed by atoms with E-state index in [2.05, 4.69) is 0 Å². The molecule has 1 atom stereocenters. The molecule has 0 aromatic carbocycles.